The molecule has 0 aliphatic rings. The van der Waals surface area contributed by atoms with E-state index in [9.17, 15) is 0 Å². The molecular weight excluding hydrogens is 776 g/mol. The molecule has 0 amide bonds. The molecule has 5 heterocycles. The van der Waals surface area contributed by atoms with Gasteiger partial charge in [-0.25, -0.2) is 0 Å². The van der Waals surface area contributed by atoms with E-state index in [4.69, 9.17) is 38.9 Å². The third-order valence-corrected chi connectivity index (χ3v) is 10.2. The van der Waals surface area contributed by atoms with Crippen LogP contribution < -0.4 is 10.6 Å². The van der Waals surface area contributed by atoms with Crippen molar-refractivity contribution in [3.8, 4) is 11.1 Å². The van der Waals surface area contributed by atoms with Gasteiger partial charge in [-0.1, -0.05) is 12.1 Å². The summed E-state index contributed by atoms with van der Waals surface area (Å²) in [6.45, 7) is 0.438. The first-order chi connectivity index (χ1) is 27.0. The molecule has 9 rings (SSSR count). The molecule has 0 saturated heterocycles. The van der Waals surface area contributed by atoms with Crippen LogP contribution in [-0.2, 0) is 49.5 Å². The molecule has 0 atom stereocenters. The zero-order chi connectivity index (χ0) is 37.1. The monoisotopic (exact) mass is 805 g/mol. The maximum atomic E-state index is 6.37. The van der Waals surface area contributed by atoms with Crippen LogP contribution in [0.2, 0.25) is 0 Å². The molecule has 0 saturated carbocycles. The van der Waals surface area contributed by atoms with Crippen LogP contribution in [-0.4, -0.2) is 34.3 Å². The van der Waals surface area contributed by atoms with Crippen LogP contribution in [0.5, 0.6) is 0 Å². The molecule has 0 aliphatic carbocycles. The summed E-state index contributed by atoms with van der Waals surface area (Å²) in [7, 11) is 0. The van der Waals surface area contributed by atoms with Crippen molar-refractivity contribution in [2.75, 3.05) is 5.32 Å². The minimum absolute atomic E-state index is 0.346. The molecule has 2 N–H and O–H groups in total. The number of para-hydroxylation sites is 2. The van der Waals surface area contributed by atoms with Crippen LogP contribution in [0.4, 0.5) is 11.8 Å². The first kappa shape index (κ1) is 34.8. The number of nitrogens with one attached hydrogen (secondary N) is 2. The SMILES string of the molecule is [Ni]=[C](Cc1ccncc1)c1ccccc1[C](=[Ni])NCc1cc2ccc(-c3ccc4c(Cc5ccncc5)nnc(Nc5nc6ccccc6o5)c4c3)cc2o1. The van der Waals surface area contributed by atoms with Gasteiger partial charge in [-0.05, 0) is 29.8 Å². The van der Waals surface area contributed by atoms with Crippen molar-refractivity contribution < 1.29 is 38.9 Å². The Kier molecular flexibility index (Phi) is 9.74. The standard InChI is InChI=1S/C44H31N7O2.2Ni/c1-2-6-35(31(5-1)10-9-29-15-19-45-20-16-29)27-47-28-36-24-34-12-11-33(26-42(34)52-36)32-13-14-37-38(25-32)43(49-44-48-39-7-3-4-8-41(39)53-44)51-50-40(37)23-30-17-21-46-22-18-30;;/h1-8,11-22,24-26,47H,9,23,28H2,(H,48,49,51);;. The molecule has 11 heteroatoms. The van der Waals surface area contributed by atoms with E-state index in [-0.39, 0.29) is 0 Å². The van der Waals surface area contributed by atoms with Crippen molar-refractivity contribution in [1.82, 2.24) is 30.5 Å². The molecule has 0 aliphatic heterocycles. The van der Waals surface area contributed by atoms with Crippen molar-refractivity contribution in [2.24, 2.45) is 0 Å². The molecule has 55 heavy (non-hydrogen) atoms. The van der Waals surface area contributed by atoms with E-state index in [0.29, 0.717) is 41.4 Å². The topological polar surface area (TPSA) is 115 Å². The van der Waals surface area contributed by atoms with Gasteiger partial charge in [0.05, 0.1) is 5.69 Å². The van der Waals surface area contributed by atoms with Crippen molar-refractivity contribution in [2.45, 2.75) is 19.4 Å². The van der Waals surface area contributed by atoms with E-state index in [2.05, 4.69) is 72.2 Å². The Balaban J connectivity index is 0.980. The van der Waals surface area contributed by atoms with Gasteiger partial charge in [0, 0.05) is 18.8 Å². The summed E-state index contributed by atoms with van der Waals surface area (Å²) in [5.41, 5.74) is 9.18. The number of anilines is 2. The molecule has 274 valence electrons. The zero-order valence-corrected chi connectivity index (χ0v) is 31.1. The predicted octanol–water partition coefficient (Wildman–Crippen LogP) is 8.43. The van der Waals surface area contributed by atoms with Gasteiger partial charge in [0.25, 0.3) is 0 Å². The minimum atomic E-state index is 0.346. The fraction of sp³-hybridized carbons (Fsp3) is 0.0682. The first-order valence-corrected chi connectivity index (χ1v) is 18.6. The quantitative estimate of drug-likeness (QED) is 0.118. The second kappa shape index (κ2) is 15.4. The number of benzene rings is 4. The third kappa shape index (κ3) is 7.55. The zero-order valence-electron chi connectivity index (χ0n) is 29.1. The second-order valence-corrected chi connectivity index (χ2v) is 14.0. The number of aromatic nitrogens is 5. The average molecular weight is 807 g/mol. The van der Waals surface area contributed by atoms with E-state index in [1.54, 1.807) is 24.8 Å². The molecule has 0 bridgehead atoms. The first-order valence-electron chi connectivity index (χ1n) is 17.6. The van der Waals surface area contributed by atoms with Crippen LogP contribution in [0.1, 0.15) is 33.7 Å². The van der Waals surface area contributed by atoms with Gasteiger partial charge in [0.2, 0.25) is 0 Å². The summed E-state index contributed by atoms with van der Waals surface area (Å²) in [4.78, 5) is 12.9. The number of furan rings is 1. The van der Waals surface area contributed by atoms with E-state index < -0.39 is 0 Å². The molecule has 0 fully saturated rings. The molecule has 4 aromatic carbocycles. The van der Waals surface area contributed by atoms with Gasteiger partial charge >= 0.3 is 225 Å². The number of fused-ring (bicyclic) bond motifs is 3. The Morgan fingerprint density at radius 3 is 2.18 bits per heavy atom. The van der Waals surface area contributed by atoms with Crippen LogP contribution in [0.25, 0.3) is 44.0 Å². The molecule has 5 aromatic heterocycles. The molecule has 0 radical (unpaired) electrons. The van der Waals surface area contributed by atoms with E-state index >= 15 is 0 Å². The average Bonchev–Trinajstić information content (AvgIpc) is 3.84. The Morgan fingerprint density at radius 1 is 0.636 bits per heavy atom. The summed E-state index contributed by atoms with van der Waals surface area (Å²) >= 11 is 11.0. The van der Waals surface area contributed by atoms with Crippen molar-refractivity contribution in [1.29, 1.82) is 0 Å². The van der Waals surface area contributed by atoms with E-state index in [0.717, 1.165) is 76.6 Å². The molecule has 0 spiro atoms. The molecular formula is C44H31N7Ni2O2. The van der Waals surface area contributed by atoms with Crippen LogP contribution in [0.15, 0.2) is 149 Å². The van der Waals surface area contributed by atoms with Crippen LogP contribution in [0.3, 0.4) is 0 Å². The summed E-state index contributed by atoms with van der Waals surface area (Å²) < 4.78 is 13.9. The third-order valence-electron chi connectivity index (χ3n) is 9.33. The Hall–Kier alpha value is -5.98. The molecule has 0 unspecified atom stereocenters. The number of hydrogen-bond acceptors (Lipinski definition) is 9. The number of rotatable bonds is 12. The summed E-state index contributed by atoms with van der Waals surface area (Å²) in [5.74, 6) is 1.33. The van der Waals surface area contributed by atoms with E-state index in [1.165, 1.54) is 0 Å². The van der Waals surface area contributed by atoms with Gasteiger partial charge < -0.3 is 4.42 Å². The Labute approximate surface area is 331 Å². The van der Waals surface area contributed by atoms with Crippen molar-refractivity contribution in [3.63, 3.8) is 0 Å². The van der Waals surface area contributed by atoms with Crippen LogP contribution >= 0.6 is 0 Å². The number of oxazole rings is 1. The van der Waals surface area contributed by atoms with Crippen LogP contribution in [0, 0.1) is 0 Å². The number of nitrogens with zero attached hydrogens (tertiary/aromatic N) is 5. The van der Waals surface area contributed by atoms with Crippen molar-refractivity contribution in [3.05, 3.63) is 174 Å². The van der Waals surface area contributed by atoms with E-state index in [1.807, 2.05) is 78.9 Å². The maximum absolute atomic E-state index is 6.37. The van der Waals surface area contributed by atoms with Gasteiger partial charge in [0.1, 0.15) is 5.52 Å². The number of pyridine rings is 2. The fourth-order valence-corrected chi connectivity index (χ4v) is 7.31. The Bertz CT molecular complexity index is 2820. The van der Waals surface area contributed by atoms with Crippen molar-refractivity contribution >= 4 is 53.8 Å². The summed E-state index contributed by atoms with van der Waals surface area (Å²) in [5, 5.41) is 18.8. The Morgan fingerprint density at radius 2 is 1.36 bits per heavy atom. The van der Waals surface area contributed by atoms with Gasteiger partial charge in [-0.2, -0.15) is 10.1 Å². The second-order valence-electron chi connectivity index (χ2n) is 12.9. The van der Waals surface area contributed by atoms with Gasteiger partial charge in [0.15, 0.2) is 5.58 Å². The molecule has 9 nitrogen and oxygen atoms in total. The van der Waals surface area contributed by atoms with Gasteiger partial charge in [-0.15, -0.1) is 5.10 Å². The summed E-state index contributed by atoms with van der Waals surface area (Å²) in [6, 6.07) is 38.6. The summed E-state index contributed by atoms with van der Waals surface area (Å²) in [6.07, 6.45) is 8.41. The normalized spacial score (nSPS) is 11.4. The predicted molar refractivity (Wildman–Crippen MR) is 209 cm³/mol. The number of hydrogen-bond donors (Lipinski definition) is 2. The molecule has 9 aromatic rings. The van der Waals surface area contributed by atoms with Gasteiger partial charge in [-0.3, -0.25) is 10.3 Å². The fourth-order valence-electron chi connectivity index (χ4n) is 6.59.